The van der Waals surface area contributed by atoms with Crippen molar-refractivity contribution in [3.8, 4) is 11.5 Å². The Balaban J connectivity index is 1.41. The van der Waals surface area contributed by atoms with Crippen LogP contribution < -0.4 is 4.74 Å². The number of rotatable bonds is 7. The summed E-state index contributed by atoms with van der Waals surface area (Å²) in [4.78, 5) is 2.39. The molecule has 2 aromatic carbocycles. The van der Waals surface area contributed by atoms with Gasteiger partial charge in [-0.2, -0.15) is 0 Å². The van der Waals surface area contributed by atoms with Gasteiger partial charge in [-0.05, 0) is 65.6 Å². The summed E-state index contributed by atoms with van der Waals surface area (Å²) in [7, 11) is 0. The summed E-state index contributed by atoms with van der Waals surface area (Å²) in [5.41, 5.74) is 4.01. The minimum atomic E-state index is 0.371. The van der Waals surface area contributed by atoms with Gasteiger partial charge in [0, 0.05) is 31.4 Å². The zero-order valence-electron chi connectivity index (χ0n) is 16.6. The Morgan fingerprint density at radius 3 is 2.64 bits per heavy atom. The minimum absolute atomic E-state index is 0.371. The Morgan fingerprint density at radius 2 is 1.93 bits per heavy atom. The summed E-state index contributed by atoms with van der Waals surface area (Å²) in [6.07, 6.45) is 3.40. The lowest BCUT2D eigenvalue weighted by molar-refractivity contribution is 0.0950. The smallest absolute Gasteiger partial charge is 0.119 e. The topological polar surface area (TPSA) is 32.7 Å². The number of aryl methyl sites for hydroxylation is 1. The summed E-state index contributed by atoms with van der Waals surface area (Å²) in [5, 5.41) is 9.85. The van der Waals surface area contributed by atoms with Crippen molar-refractivity contribution in [3.05, 3.63) is 59.2 Å². The molecule has 2 atom stereocenters. The maximum atomic E-state index is 9.85. The van der Waals surface area contributed by atoms with Crippen molar-refractivity contribution >= 4 is 11.6 Å². The number of hydrogen-bond acceptors (Lipinski definition) is 3. The van der Waals surface area contributed by atoms with Crippen LogP contribution in [-0.4, -0.2) is 42.1 Å². The first-order valence-corrected chi connectivity index (χ1v) is 11.0. The first-order chi connectivity index (χ1) is 13.7. The fraction of sp³-hybridized carbons (Fsp3) is 0.500. The molecule has 0 aromatic heterocycles. The second kappa shape index (κ2) is 8.75. The highest BCUT2D eigenvalue weighted by atomic mass is 35.5. The number of halogens is 1. The average molecular weight is 400 g/mol. The van der Waals surface area contributed by atoms with Gasteiger partial charge in [0.1, 0.15) is 18.1 Å². The molecule has 2 aromatic rings. The molecule has 4 rings (SSSR count). The van der Waals surface area contributed by atoms with Gasteiger partial charge in [-0.1, -0.05) is 31.5 Å². The molecule has 0 radical (unpaired) electrons. The summed E-state index contributed by atoms with van der Waals surface area (Å²) < 4.78 is 5.95. The maximum absolute atomic E-state index is 9.85. The number of aromatic hydroxyl groups is 1. The van der Waals surface area contributed by atoms with Crippen molar-refractivity contribution in [1.82, 2.24) is 4.90 Å². The number of fused-ring (bicyclic) bond motifs is 1. The second-order valence-corrected chi connectivity index (χ2v) is 8.57. The van der Waals surface area contributed by atoms with Gasteiger partial charge in [-0.25, -0.2) is 0 Å². The molecule has 1 aliphatic heterocycles. The van der Waals surface area contributed by atoms with Crippen LogP contribution >= 0.6 is 11.6 Å². The van der Waals surface area contributed by atoms with Crippen LogP contribution in [0.2, 0.25) is 0 Å². The third-order valence-corrected chi connectivity index (χ3v) is 6.84. The molecule has 1 N–H and O–H groups in total. The SMILES string of the molecule is CC[C@@H]1CCc2cc(O)ccc2[C@@H]1c1ccc(OCCN2CC(CCl)C2)cc1. The van der Waals surface area contributed by atoms with Gasteiger partial charge < -0.3 is 9.84 Å². The third-order valence-electron chi connectivity index (χ3n) is 6.41. The number of phenolic OH excluding ortho intramolecular Hbond substituents is 1. The zero-order valence-corrected chi connectivity index (χ0v) is 17.4. The lowest BCUT2D eigenvalue weighted by Crippen LogP contribution is -2.48. The van der Waals surface area contributed by atoms with Crippen LogP contribution in [0.15, 0.2) is 42.5 Å². The minimum Gasteiger partial charge on any atom is -0.508 e. The summed E-state index contributed by atoms with van der Waals surface area (Å²) in [6.45, 7) is 6.16. The molecule has 2 aliphatic rings. The second-order valence-electron chi connectivity index (χ2n) is 8.27. The number of alkyl halides is 1. The van der Waals surface area contributed by atoms with Gasteiger partial charge >= 0.3 is 0 Å². The predicted octanol–water partition coefficient (Wildman–Crippen LogP) is 5.05. The first-order valence-electron chi connectivity index (χ1n) is 10.5. The van der Waals surface area contributed by atoms with E-state index < -0.39 is 0 Å². The number of nitrogens with zero attached hydrogens (tertiary/aromatic N) is 1. The van der Waals surface area contributed by atoms with Crippen molar-refractivity contribution in [2.75, 3.05) is 32.1 Å². The molecule has 1 saturated heterocycles. The molecule has 1 aliphatic carbocycles. The molecule has 0 spiro atoms. The molecule has 28 heavy (non-hydrogen) atoms. The number of hydrogen-bond donors (Lipinski definition) is 1. The average Bonchev–Trinajstić information content (AvgIpc) is 2.69. The van der Waals surface area contributed by atoms with Crippen LogP contribution in [-0.2, 0) is 6.42 Å². The Labute approximate surface area is 173 Å². The van der Waals surface area contributed by atoms with E-state index in [9.17, 15) is 5.11 Å². The van der Waals surface area contributed by atoms with E-state index in [1.54, 1.807) is 0 Å². The van der Waals surface area contributed by atoms with Gasteiger partial charge in [0.25, 0.3) is 0 Å². The van der Waals surface area contributed by atoms with E-state index in [1.165, 1.54) is 29.5 Å². The maximum Gasteiger partial charge on any atom is 0.119 e. The van der Waals surface area contributed by atoms with E-state index in [2.05, 4.69) is 42.2 Å². The number of phenols is 1. The molecule has 0 saturated carbocycles. The van der Waals surface area contributed by atoms with E-state index in [4.69, 9.17) is 16.3 Å². The Morgan fingerprint density at radius 1 is 1.14 bits per heavy atom. The highest BCUT2D eigenvalue weighted by Gasteiger charge is 2.30. The lowest BCUT2D eigenvalue weighted by Gasteiger charge is -2.38. The molecule has 150 valence electrons. The predicted molar refractivity (Wildman–Crippen MR) is 115 cm³/mol. The van der Waals surface area contributed by atoms with E-state index >= 15 is 0 Å². The van der Waals surface area contributed by atoms with Crippen molar-refractivity contribution in [3.63, 3.8) is 0 Å². The van der Waals surface area contributed by atoms with Gasteiger partial charge in [0.15, 0.2) is 0 Å². The third kappa shape index (κ3) is 4.16. The van der Waals surface area contributed by atoms with Crippen molar-refractivity contribution < 1.29 is 9.84 Å². The summed E-state index contributed by atoms with van der Waals surface area (Å²) in [6, 6.07) is 14.5. The van der Waals surface area contributed by atoms with Crippen LogP contribution in [0, 0.1) is 11.8 Å². The largest absolute Gasteiger partial charge is 0.508 e. The quantitative estimate of drug-likeness (QED) is 0.661. The number of ether oxygens (including phenoxy) is 1. The Bertz CT molecular complexity index is 786. The Kier molecular flexibility index (Phi) is 6.13. The number of likely N-dealkylation sites (tertiary alicyclic amines) is 1. The molecule has 0 amide bonds. The normalized spacial score (nSPS) is 22.5. The van der Waals surface area contributed by atoms with Gasteiger partial charge in [-0.3, -0.25) is 4.90 Å². The highest BCUT2D eigenvalue weighted by Crippen LogP contribution is 2.43. The molecular weight excluding hydrogens is 370 g/mol. The van der Waals surface area contributed by atoms with Crippen LogP contribution in [0.5, 0.6) is 11.5 Å². The van der Waals surface area contributed by atoms with E-state index in [0.717, 1.165) is 44.3 Å². The van der Waals surface area contributed by atoms with Crippen LogP contribution in [0.3, 0.4) is 0 Å². The van der Waals surface area contributed by atoms with Crippen molar-refractivity contribution in [2.24, 2.45) is 11.8 Å². The molecule has 0 bridgehead atoms. The summed E-state index contributed by atoms with van der Waals surface area (Å²) >= 11 is 5.87. The number of benzene rings is 2. The van der Waals surface area contributed by atoms with E-state index in [0.29, 0.717) is 23.5 Å². The molecular formula is C24H30ClNO2. The molecule has 1 fully saturated rings. The molecule has 4 heteroatoms. The first kappa shape index (κ1) is 19.6. The van der Waals surface area contributed by atoms with E-state index in [-0.39, 0.29) is 0 Å². The molecule has 1 heterocycles. The van der Waals surface area contributed by atoms with Crippen molar-refractivity contribution in [2.45, 2.75) is 32.1 Å². The van der Waals surface area contributed by atoms with Gasteiger partial charge in [-0.15, -0.1) is 11.6 Å². The van der Waals surface area contributed by atoms with Crippen molar-refractivity contribution in [1.29, 1.82) is 0 Å². The Hall–Kier alpha value is -1.71. The zero-order chi connectivity index (χ0) is 19.5. The van der Waals surface area contributed by atoms with Crippen LogP contribution in [0.4, 0.5) is 0 Å². The monoisotopic (exact) mass is 399 g/mol. The standard InChI is InChI=1S/C24H30ClNO2/c1-2-18-3-4-20-13-21(27)7-10-23(20)24(18)19-5-8-22(9-6-19)28-12-11-26-15-17(14-25)16-26/h5-10,13,17-18,24,27H,2-4,11-12,14-16H2,1H3/t18-,24+/m1/s1. The van der Waals surface area contributed by atoms with Gasteiger partial charge in [0.05, 0.1) is 0 Å². The van der Waals surface area contributed by atoms with E-state index in [1.807, 2.05) is 12.1 Å². The van der Waals surface area contributed by atoms with Gasteiger partial charge in [0.2, 0.25) is 0 Å². The molecule has 0 unspecified atom stereocenters. The lowest BCUT2D eigenvalue weighted by atomic mass is 9.71. The fourth-order valence-corrected chi connectivity index (χ4v) is 4.98. The van der Waals surface area contributed by atoms with Crippen LogP contribution in [0.25, 0.3) is 0 Å². The highest BCUT2D eigenvalue weighted by molar-refractivity contribution is 6.18. The summed E-state index contributed by atoms with van der Waals surface area (Å²) in [5.74, 6) is 3.78. The molecule has 3 nitrogen and oxygen atoms in total. The van der Waals surface area contributed by atoms with Crippen LogP contribution in [0.1, 0.15) is 42.4 Å². The fourth-order valence-electron chi connectivity index (χ4n) is 4.79.